The fourth-order valence-electron chi connectivity index (χ4n) is 1.71. The third kappa shape index (κ3) is 1.74. The van der Waals surface area contributed by atoms with Crippen LogP contribution in [0.5, 0.6) is 0 Å². The van der Waals surface area contributed by atoms with E-state index in [-0.39, 0.29) is 15.4 Å². The Morgan fingerprint density at radius 1 is 1.41 bits per heavy atom. The van der Waals surface area contributed by atoms with Gasteiger partial charge < -0.3 is 5.11 Å². The van der Waals surface area contributed by atoms with Gasteiger partial charge in [-0.3, -0.25) is 4.79 Å². The standard InChI is InChI=1S/C11H9FO4S/c1-6(11(13)14)10-5-7-4-8(12)2-3-9(7)17(10,15)16/h2-6H,1H3,(H,13,14). The van der Waals surface area contributed by atoms with Gasteiger partial charge in [0, 0.05) is 0 Å². The van der Waals surface area contributed by atoms with E-state index < -0.39 is 27.5 Å². The first-order chi connectivity index (χ1) is 7.84. The first kappa shape index (κ1) is 11.8. The lowest BCUT2D eigenvalue weighted by Crippen LogP contribution is -2.16. The van der Waals surface area contributed by atoms with Crippen molar-refractivity contribution < 1.29 is 22.7 Å². The highest BCUT2D eigenvalue weighted by Gasteiger charge is 2.35. The minimum Gasteiger partial charge on any atom is -0.481 e. The van der Waals surface area contributed by atoms with Crippen LogP contribution >= 0.6 is 0 Å². The molecule has 0 fully saturated rings. The number of hydrogen-bond acceptors (Lipinski definition) is 3. The SMILES string of the molecule is CC(C(=O)O)C1=Cc2cc(F)ccc2S1(=O)=O. The van der Waals surface area contributed by atoms with Gasteiger partial charge in [-0.15, -0.1) is 0 Å². The number of fused-ring (bicyclic) bond motifs is 1. The van der Waals surface area contributed by atoms with Crippen LogP contribution in [0, 0.1) is 11.7 Å². The van der Waals surface area contributed by atoms with Crippen LogP contribution < -0.4 is 0 Å². The van der Waals surface area contributed by atoms with E-state index in [0.29, 0.717) is 0 Å². The van der Waals surface area contributed by atoms with Gasteiger partial charge in [0.2, 0.25) is 9.84 Å². The summed E-state index contributed by atoms with van der Waals surface area (Å²) in [5.41, 5.74) is 0.202. The van der Waals surface area contributed by atoms with Crippen molar-refractivity contribution in [3.05, 3.63) is 34.5 Å². The van der Waals surface area contributed by atoms with Crippen molar-refractivity contribution in [2.24, 2.45) is 5.92 Å². The molecule has 1 heterocycles. The monoisotopic (exact) mass is 256 g/mol. The number of halogens is 1. The van der Waals surface area contributed by atoms with Crippen molar-refractivity contribution in [1.29, 1.82) is 0 Å². The highest BCUT2D eigenvalue weighted by atomic mass is 32.2. The molecule has 1 aliphatic rings. The van der Waals surface area contributed by atoms with Gasteiger partial charge >= 0.3 is 5.97 Å². The topological polar surface area (TPSA) is 71.4 Å². The maximum absolute atomic E-state index is 13.0. The summed E-state index contributed by atoms with van der Waals surface area (Å²) >= 11 is 0. The predicted octanol–water partition coefficient (Wildman–Crippen LogP) is 1.67. The van der Waals surface area contributed by atoms with Gasteiger partial charge in [-0.1, -0.05) is 0 Å². The van der Waals surface area contributed by atoms with E-state index in [9.17, 15) is 17.6 Å². The summed E-state index contributed by atoms with van der Waals surface area (Å²) in [7, 11) is -3.79. The smallest absolute Gasteiger partial charge is 0.311 e. The van der Waals surface area contributed by atoms with Crippen LogP contribution in [0.3, 0.4) is 0 Å². The highest BCUT2D eigenvalue weighted by Crippen LogP contribution is 2.36. The van der Waals surface area contributed by atoms with Crippen LogP contribution in [-0.4, -0.2) is 19.5 Å². The molecule has 0 amide bonds. The molecule has 90 valence electrons. The molecule has 1 N–H and O–H groups in total. The number of benzene rings is 1. The van der Waals surface area contributed by atoms with E-state index in [1.807, 2.05) is 0 Å². The summed E-state index contributed by atoms with van der Waals surface area (Å²) in [4.78, 5) is 10.6. The van der Waals surface area contributed by atoms with Crippen molar-refractivity contribution in [1.82, 2.24) is 0 Å². The molecule has 1 atom stereocenters. The minimum atomic E-state index is -3.79. The quantitative estimate of drug-likeness (QED) is 0.817. The molecule has 0 saturated heterocycles. The molecule has 0 radical (unpaired) electrons. The Morgan fingerprint density at radius 2 is 2.06 bits per heavy atom. The molecule has 1 aromatic carbocycles. The molecule has 0 bridgehead atoms. The van der Waals surface area contributed by atoms with Gasteiger partial charge in [-0.25, -0.2) is 12.8 Å². The normalized spacial score (nSPS) is 18.4. The molecule has 6 heteroatoms. The molecule has 1 aliphatic heterocycles. The van der Waals surface area contributed by atoms with Crippen LogP contribution in [0.4, 0.5) is 4.39 Å². The Balaban J connectivity index is 2.62. The van der Waals surface area contributed by atoms with Crippen molar-refractivity contribution in [3.63, 3.8) is 0 Å². The summed E-state index contributed by atoms with van der Waals surface area (Å²) < 4.78 is 36.9. The van der Waals surface area contributed by atoms with Crippen LogP contribution in [-0.2, 0) is 14.6 Å². The maximum Gasteiger partial charge on any atom is 0.311 e. The summed E-state index contributed by atoms with van der Waals surface area (Å²) in [6.07, 6.45) is 1.21. The van der Waals surface area contributed by atoms with Gasteiger partial charge in [0.1, 0.15) is 5.82 Å². The Labute approximate surface area is 97.3 Å². The third-order valence-electron chi connectivity index (χ3n) is 2.67. The van der Waals surface area contributed by atoms with Gasteiger partial charge in [0.05, 0.1) is 15.7 Å². The lowest BCUT2D eigenvalue weighted by Gasteiger charge is -2.07. The average Bonchev–Trinajstić information content (AvgIpc) is 2.48. The van der Waals surface area contributed by atoms with Gasteiger partial charge in [0.25, 0.3) is 0 Å². The van der Waals surface area contributed by atoms with Crippen LogP contribution in [0.15, 0.2) is 28.0 Å². The number of carbonyl (C=O) groups is 1. The van der Waals surface area contributed by atoms with E-state index in [4.69, 9.17) is 5.11 Å². The van der Waals surface area contributed by atoms with Gasteiger partial charge in [-0.2, -0.15) is 0 Å². The van der Waals surface area contributed by atoms with E-state index >= 15 is 0 Å². The van der Waals surface area contributed by atoms with Crippen molar-refractivity contribution in [3.8, 4) is 0 Å². The Morgan fingerprint density at radius 3 is 2.65 bits per heavy atom. The maximum atomic E-state index is 13.0. The summed E-state index contributed by atoms with van der Waals surface area (Å²) in [6.45, 7) is 1.29. The molecular weight excluding hydrogens is 247 g/mol. The lowest BCUT2D eigenvalue weighted by atomic mass is 10.1. The fourth-order valence-corrected chi connectivity index (χ4v) is 3.49. The zero-order valence-corrected chi connectivity index (χ0v) is 9.66. The first-order valence-electron chi connectivity index (χ1n) is 4.83. The van der Waals surface area contributed by atoms with Crippen molar-refractivity contribution >= 4 is 21.9 Å². The third-order valence-corrected chi connectivity index (χ3v) is 4.71. The molecule has 0 saturated carbocycles. The number of rotatable bonds is 2. The predicted molar refractivity (Wildman–Crippen MR) is 58.4 cm³/mol. The molecule has 2 rings (SSSR count). The van der Waals surface area contributed by atoms with E-state index in [0.717, 1.165) is 18.2 Å². The van der Waals surface area contributed by atoms with Gasteiger partial charge in [-0.05, 0) is 36.8 Å². The zero-order valence-electron chi connectivity index (χ0n) is 8.84. The highest BCUT2D eigenvalue weighted by molar-refractivity contribution is 7.95. The van der Waals surface area contributed by atoms with Crippen LogP contribution in [0.25, 0.3) is 6.08 Å². The van der Waals surface area contributed by atoms with Crippen molar-refractivity contribution in [2.45, 2.75) is 11.8 Å². The van der Waals surface area contributed by atoms with E-state index in [1.165, 1.54) is 13.0 Å². The number of sulfone groups is 1. The zero-order chi connectivity index (χ0) is 12.8. The minimum absolute atomic E-state index is 0.0398. The molecule has 0 spiro atoms. The largest absolute Gasteiger partial charge is 0.481 e. The molecule has 0 aliphatic carbocycles. The second kappa shape index (κ2) is 3.66. The summed E-state index contributed by atoms with van der Waals surface area (Å²) in [6, 6.07) is 3.27. The number of hydrogen-bond donors (Lipinski definition) is 1. The Bertz CT molecular complexity index is 631. The average molecular weight is 256 g/mol. The Kier molecular flexibility index (Phi) is 2.54. The number of carboxylic acid groups (broad SMARTS) is 1. The second-order valence-corrected chi connectivity index (χ2v) is 5.71. The molecular formula is C11H9FO4S. The van der Waals surface area contributed by atoms with Gasteiger partial charge in [0.15, 0.2) is 0 Å². The summed E-state index contributed by atoms with van der Waals surface area (Å²) in [5, 5.41) is 8.83. The molecule has 4 nitrogen and oxygen atoms in total. The van der Waals surface area contributed by atoms with Crippen LogP contribution in [0.2, 0.25) is 0 Å². The van der Waals surface area contributed by atoms with Crippen molar-refractivity contribution in [2.75, 3.05) is 0 Å². The number of carboxylic acids is 1. The van der Waals surface area contributed by atoms with Crippen LogP contribution in [0.1, 0.15) is 12.5 Å². The lowest BCUT2D eigenvalue weighted by molar-refractivity contribution is -0.139. The van der Waals surface area contributed by atoms with E-state index in [2.05, 4.69) is 0 Å². The Hall–Kier alpha value is -1.69. The second-order valence-electron chi connectivity index (χ2n) is 3.79. The fraction of sp³-hybridized carbons (Fsp3) is 0.182. The first-order valence-corrected chi connectivity index (χ1v) is 6.31. The molecule has 1 aromatic rings. The summed E-state index contributed by atoms with van der Waals surface area (Å²) in [5.74, 6) is -2.93. The number of aliphatic carboxylic acids is 1. The van der Waals surface area contributed by atoms with E-state index in [1.54, 1.807) is 0 Å². The molecule has 1 unspecified atom stereocenters. The molecule has 17 heavy (non-hydrogen) atoms. The molecule has 0 aromatic heterocycles.